The van der Waals surface area contributed by atoms with E-state index in [4.69, 9.17) is 9.15 Å². The molecule has 1 N–H and O–H groups in total. The maximum absolute atomic E-state index is 14.5. The number of ether oxygens (including phenoxy) is 1. The van der Waals surface area contributed by atoms with Crippen molar-refractivity contribution in [3.63, 3.8) is 0 Å². The van der Waals surface area contributed by atoms with Gasteiger partial charge in [0, 0.05) is 31.6 Å². The summed E-state index contributed by atoms with van der Waals surface area (Å²) in [7, 11) is 0. The van der Waals surface area contributed by atoms with Gasteiger partial charge in [0.2, 0.25) is 5.91 Å². The maximum Gasteiger partial charge on any atom is 0.224 e. The molecule has 1 aliphatic rings. The number of carbonyl (C=O) groups is 1. The minimum absolute atomic E-state index is 0.164. The lowest BCUT2D eigenvalue weighted by atomic mass is 10.1. The van der Waals surface area contributed by atoms with Crippen molar-refractivity contribution in [2.45, 2.75) is 12.8 Å². The van der Waals surface area contributed by atoms with Crippen LogP contribution in [0, 0.1) is 11.6 Å². The first kappa shape index (κ1) is 20.1. The molecule has 1 fully saturated rings. The van der Waals surface area contributed by atoms with Crippen LogP contribution in [0.1, 0.15) is 12.2 Å². The van der Waals surface area contributed by atoms with E-state index in [1.165, 1.54) is 12.1 Å². The van der Waals surface area contributed by atoms with Gasteiger partial charge in [-0.1, -0.05) is 12.1 Å². The highest BCUT2D eigenvalue weighted by atomic mass is 19.1. The fourth-order valence-corrected chi connectivity index (χ4v) is 3.42. The summed E-state index contributed by atoms with van der Waals surface area (Å²) in [6.45, 7) is 2.42. The predicted octanol–water partition coefficient (Wildman–Crippen LogP) is 4.63. The van der Waals surface area contributed by atoms with Gasteiger partial charge in [-0.05, 0) is 42.5 Å². The first-order chi connectivity index (χ1) is 14.6. The van der Waals surface area contributed by atoms with Crippen LogP contribution in [0.2, 0.25) is 0 Å². The molecule has 0 bridgehead atoms. The lowest BCUT2D eigenvalue weighted by Gasteiger charge is -2.29. The van der Waals surface area contributed by atoms with Crippen molar-refractivity contribution >= 4 is 17.3 Å². The molecule has 5 nitrogen and oxygen atoms in total. The van der Waals surface area contributed by atoms with E-state index in [0.29, 0.717) is 61.2 Å². The minimum atomic E-state index is -0.379. The van der Waals surface area contributed by atoms with Crippen LogP contribution < -0.4 is 10.2 Å². The van der Waals surface area contributed by atoms with Gasteiger partial charge in [-0.15, -0.1) is 0 Å². The van der Waals surface area contributed by atoms with Crippen molar-refractivity contribution in [1.82, 2.24) is 0 Å². The van der Waals surface area contributed by atoms with Crippen molar-refractivity contribution in [2.24, 2.45) is 0 Å². The smallest absolute Gasteiger partial charge is 0.224 e. The van der Waals surface area contributed by atoms with Crippen molar-refractivity contribution in [3.8, 4) is 11.3 Å². The molecule has 1 aliphatic heterocycles. The van der Waals surface area contributed by atoms with Gasteiger partial charge in [-0.3, -0.25) is 4.79 Å². The Hall–Kier alpha value is -3.19. The number of hydrogen-bond donors (Lipinski definition) is 1. The molecule has 0 radical (unpaired) electrons. The Balaban J connectivity index is 1.33. The highest BCUT2D eigenvalue weighted by molar-refractivity contribution is 5.91. The van der Waals surface area contributed by atoms with Crippen molar-refractivity contribution < 1.29 is 22.7 Å². The summed E-state index contributed by atoms with van der Waals surface area (Å²) in [5, 5.41) is 2.71. The third kappa shape index (κ3) is 4.68. The summed E-state index contributed by atoms with van der Waals surface area (Å²) < 4.78 is 39.3. The molecule has 156 valence electrons. The molecule has 1 amide bonds. The lowest BCUT2D eigenvalue weighted by Crippen LogP contribution is -2.36. The molecular weight excluding hydrogens is 390 g/mol. The zero-order valence-electron chi connectivity index (χ0n) is 16.4. The van der Waals surface area contributed by atoms with Gasteiger partial charge in [-0.2, -0.15) is 0 Å². The van der Waals surface area contributed by atoms with E-state index in [1.807, 2.05) is 4.90 Å². The molecule has 4 rings (SSSR count). The molecule has 0 atom stereocenters. The molecule has 0 saturated carbocycles. The van der Waals surface area contributed by atoms with Crippen LogP contribution in [-0.4, -0.2) is 32.2 Å². The topological polar surface area (TPSA) is 54.7 Å². The number of rotatable bonds is 6. The van der Waals surface area contributed by atoms with Gasteiger partial charge in [0.05, 0.1) is 24.5 Å². The third-order valence-electron chi connectivity index (χ3n) is 4.98. The van der Waals surface area contributed by atoms with E-state index in [-0.39, 0.29) is 24.0 Å². The van der Waals surface area contributed by atoms with Crippen LogP contribution in [0.4, 0.5) is 20.2 Å². The molecule has 0 aliphatic carbocycles. The first-order valence-electron chi connectivity index (χ1n) is 9.86. The van der Waals surface area contributed by atoms with Gasteiger partial charge in [-0.25, -0.2) is 8.78 Å². The number of carbonyl (C=O) groups excluding carboxylic acids is 1. The second-order valence-electron chi connectivity index (χ2n) is 7.06. The summed E-state index contributed by atoms with van der Waals surface area (Å²) >= 11 is 0. The van der Waals surface area contributed by atoms with Crippen LogP contribution >= 0.6 is 0 Å². The summed E-state index contributed by atoms with van der Waals surface area (Å²) in [6, 6.07) is 14.5. The molecular formula is C23H22F2N2O3. The largest absolute Gasteiger partial charge is 0.461 e. The first-order valence-corrected chi connectivity index (χ1v) is 9.86. The Morgan fingerprint density at radius 3 is 2.57 bits per heavy atom. The molecule has 3 aromatic rings. The number of morpholine rings is 1. The van der Waals surface area contributed by atoms with E-state index in [9.17, 15) is 13.6 Å². The maximum atomic E-state index is 14.5. The van der Waals surface area contributed by atoms with Crippen molar-refractivity contribution in [1.29, 1.82) is 0 Å². The van der Waals surface area contributed by atoms with E-state index in [0.717, 1.165) is 0 Å². The Labute approximate surface area is 173 Å². The molecule has 0 unspecified atom stereocenters. The fourth-order valence-electron chi connectivity index (χ4n) is 3.42. The summed E-state index contributed by atoms with van der Waals surface area (Å²) in [5.41, 5.74) is 1.29. The van der Waals surface area contributed by atoms with Crippen molar-refractivity contribution in [3.05, 3.63) is 72.0 Å². The van der Waals surface area contributed by atoms with E-state index >= 15 is 0 Å². The summed E-state index contributed by atoms with van der Waals surface area (Å²) in [6.07, 6.45) is 0.520. The van der Waals surface area contributed by atoms with Gasteiger partial charge in [0.15, 0.2) is 0 Å². The number of nitrogens with zero attached hydrogens (tertiary/aromatic N) is 1. The molecule has 0 spiro atoms. The van der Waals surface area contributed by atoms with Crippen LogP contribution in [0.25, 0.3) is 11.3 Å². The molecule has 1 saturated heterocycles. The number of halogens is 2. The number of amides is 1. The van der Waals surface area contributed by atoms with E-state index in [2.05, 4.69) is 5.32 Å². The highest BCUT2D eigenvalue weighted by Gasteiger charge is 2.16. The normalized spacial score (nSPS) is 14.0. The monoisotopic (exact) mass is 412 g/mol. The Morgan fingerprint density at radius 2 is 1.80 bits per heavy atom. The van der Waals surface area contributed by atoms with E-state index < -0.39 is 0 Å². The van der Waals surface area contributed by atoms with Crippen LogP contribution in [0.3, 0.4) is 0 Å². The van der Waals surface area contributed by atoms with Crippen LogP contribution in [0.5, 0.6) is 0 Å². The van der Waals surface area contributed by atoms with Gasteiger partial charge < -0.3 is 19.4 Å². The second kappa shape index (κ2) is 9.09. The predicted molar refractivity (Wildman–Crippen MR) is 110 cm³/mol. The number of anilines is 2. The SMILES string of the molecule is O=C(CCc1ccc(-c2ccccc2F)o1)Nc1ccc(N2CCOCC2)c(F)c1. The van der Waals surface area contributed by atoms with Gasteiger partial charge in [0.25, 0.3) is 0 Å². The average Bonchev–Trinajstić information content (AvgIpc) is 3.22. The molecule has 7 heteroatoms. The molecule has 1 aromatic heterocycles. The number of furan rings is 1. The van der Waals surface area contributed by atoms with Crippen LogP contribution in [0.15, 0.2) is 59.0 Å². The van der Waals surface area contributed by atoms with Crippen molar-refractivity contribution in [2.75, 3.05) is 36.5 Å². The Morgan fingerprint density at radius 1 is 1.00 bits per heavy atom. The lowest BCUT2D eigenvalue weighted by molar-refractivity contribution is -0.116. The zero-order valence-corrected chi connectivity index (χ0v) is 16.4. The number of hydrogen-bond acceptors (Lipinski definition) is 4. The standard InChI is InChI=1S/C23H22F2N2O3/c24-19-4-2-1-3-18(19)22-9-6-17(30-22)7-10-23(28)26-16-5-8-21(20(25)15-16)27-11-13-29-14-12-27/h1-6,8-9,15H,7,10-14H2,(H,26,28). The second-order valence-corrected chi connectivity index (χ2v) is 7.06. The highest BCUT2D eigenvalue weighted by Crippen LogP contribution is 2.26. The Kier molecular flexibility index (Phi) is 6.09. The van der Waals surface area contributed by atoms with Crippen LogP contribution in [-0.2, 0) is 16.0 Å². The molecule has 2 heterocycles. The molecule has 30 heavy (non-hydrogen) atoms. The summed E-state index contributed by atoms with van der Waals surface area (Å²) in [4.78, 5) is 14.2. The number of benzene rings is 2. The van der Waals surface area contributed by atoms with Gasteiger partial charge in [0.1, 0.15) is 23.2 Å². The van der Waals surface area contributed by atoms with Gasteiger partial charge >= 0.3 is 0 Å². The summed E-state index contributed by atoms with van der Waals surface area (Å²) in [5.74, 6) is 0.00727. The fraction of sp³-hybridized carbons (Fsp3) is 0.261. The Bertz CT molecular complexity index is 1030. The molecule has 2 aromatic carbocycles. The average molecular weight is 412 g/mol. The quantitative estimate of drug-likeness (QED) is 0.641. The minimum Gasteiger partial charge on any atom is -0.461 e. The van der Waals surface area contributed by atoms with E-state index in [1.54, 1.807) is 42.5 Å². The zero-order chi connectivity index (χ0) is 20.9. The number of nitrogens with one attached hydrogen (secondary N) is 1. The number of aryl methyl sites for hydroxylation is 1. The third-order valence-corrected chi connectivity index (χ3v) is 4.98.